The van der Waals surface area contributed by atoms with Crippen molar-refractivity contribution in [2.24, 2.45) is 0 Å². The highest BCUT2D eigenvalue weighted by Gasteiger charge is 2.22. The molecule has 0 saturated carbocycles. The molecule has 0 N–H and O–H groups in total. The Morgan fingerprint density at radius 2 is 1.57 bits per heavy atom. The minimum Gasteiger partial charge on any atom is -0.493 e. The summed E-state index contributed by atoms with van der Waals surface area (Å²) >= 11 is 0. The lowest BCUT2D eigenvalue weighted by Crippen LogP contribution is -2.28. The van der Waals surface area contributed by atoms with Crippen molar-refractivity contribution in [1.82, 2.24) is 9.55 Å². The SMILES string of the molecule is COc1cc2c(cc1OC)-c1cc(Oc3ccccc3OC)nc(=O)n1CC2. The second-order valence-electron chi connectivity index (χ2n) is 6.28. The van der Waals surface area contributed by atoms with Crippen LogP contribution in [0.3, 0.4) is 0 Å². The smallest absolute Gasteiger partial charge is 0.351 e. The molecule has 2 aromatic carbocycles. The van der Waals surface area contributed by atoms with Gasteiger partial charge in [-0.05, 0) is 36.2 Å². The Bertz CT molecular complexity index is 1090. The first kappa shape index (κ1) is 17.9. The number of fused-ring (bicyclic) bond motifs is 3. The van der Waals surface area contributed by atoms with E-state index in [-0.39, 0.29) is 11.6 Å². The molecular formula is C21H20N2O5. The average Bonchev–Trinajstić information content (AvgIpc) is 2.73. The molecule has 0 radical (unpaired) electrons. The summed E-state index contributed by atoms with van der Waals surface area (Å²) in [5, 5.41) is 0. The molecule has 0 bridgehead atoms. The van der Waals surface area contributed by atoms with Crippen LogP contribution in [0.25, 0.3) is 11.3 Å². The van der Waals surface area contributed by atoms with E-state index >= 15 is 0 Å². The summed E-state index contributed by atoms with van der Waals surface area (Å²) in [7, 11) is 4.75. The van der Waals surface area contributed by atoms with E-state index in [0.29, 0.717) is 36.0 Å². The summed E-state index contributed by atoms with van der Waals surface area (Å²) < 4.78 is 23.6. The van der Waals surface area contributed by atoms with Crippen molar-refractivity contribution in [3.63, 3.8) is 0 Å². The Morgan fingerprint density at radius 3 is 2.29 bits per heavy atom. The van der Waals surface area contributed by atoms with Crippen LogP contribution >= 0.6 is 0 Å². The molecule has 0 unspecified atom stereocenters. The fourth-order valence-corrected chi connectivity index (χ4v) is 3.39. The normalized spacial score (nSPS) is 12.0. The summed E-state index contributed by atoms with van der Waals surface area (Å²) in [5.41, 5.74) is 2.34. The second-order valence-corrected chi connectivity index (χ2v) is 6.28. The molecule has 4 rings (SSSR count). The second kappa shape index (κ2) is 7.26. The van der Waals surface area contributed by atoms with Gasteiger partial charge in [0.05, 0.1) is 27.0 Å². The van der Waals surface area contributed by atoms with Crippen molar-refractivity contribution in [2.45, 2.75) is 13.0 Å². The molecule has 0 spiro atoms. The molecule has 7 heteroatoms. The molecule has 1 aliphatic rings. The van der Waals surface area contributed by atoms with E-state index in [0.717, 1.165) is 16.8 Å². The Balaban J connectivity index is 1.82. The lowest BCUT2D eigenvalue weighted by atomic mass is 9.97. The van der Waals surface area contributed by atoms with E-state index in [4.69, 9.17) is 18.9 Å². The highest BCUT2D eigenvalue weighted by molar-refractivity contribution is 5.70. The standard InChI is InChI=1S/C21H20N2O5/c1-25-16-6-4-5-7-17(16)28-20-12-15-14-11-19(27-3)18(26-2)10-13(14)8-9-23(15)21(24)22-20/h4-7,10-12H,8-9H2,1-3H3. The predicted octanol–water partition coefficient (Wildman–Crippen LogP) is 3.28. The van der Waals surface area contributed by atoms with E-state index in [1.54, 1.807) is 44.1 Å². The fraction of sp³-hybridized carbons (Fsp3) is 0.238. The number of ether oxygens (including phenoxy) is 4. The lowest BCUT2D eigenvalue weighted by molar-refractivity contribution is 0.354. The van der Waals surface area contributed by atoms with Gasteiger partial charge in [-0.2, -0.15) is 4.98 Å². The monoisotopic (exact) mass is 380 g/mol. The Labute approximate surface area is 162 Å². The van der Waals surface area contributed by atoms with Crippen molar-refractivity contribution >= 4 is 0 Å². The van der Waals surface area contributed by atoms with Crippen molar-refractivity contribution in [3.05, 3.63) is 58.5 Å². The minimum atomic E-state index is -0.358. The van der Waals surface area contributed by atoms with Gasteiger partial charge in [-0.3, -0.25) is 4.57 Å². The van der Waals surface area contributed by atoms with E-state index < -0.39 is 0 Å². The molecule has 7 nitrogen and oxygen atoms in total. The van der Waals surface area contributed by atoms with Crippen LogP contribution in [-0.4, -0.2) is 30.9 Å². The number of rotatable bonds is 5. The molecule has 0 saturated heterocycles. The summed E-state index contributed by atoms with van der Waals surface area (Å²) in [6.07, 6.45) is 0.705. The molecule has 2 heterocycles. The largest absolute Gasteiger partial charge is 0.493 e. The number of aromatic nitrogens is 2. The predicted molar refractivity (Wildman–Crippen MR) is 104 cm³/mol. The third kappa shape index (κ3) is 3.05. The number of methoxy groups -OCH3 is 3. The maximum absolute atomic E-state index is 12.6. The first-order chi connectivity index (χ1) is 13.6. The van der Waals surface area contributed by atoms with Crippen LogP contribution in [0.15, 0.2) is 47.3 Å². The van der Waals surface area contributed by atoms with Crippen LogP contribution in [0.1, 0.15) is 5.56 Å². The number of aryl methyl sites for hydroxylation is 1. The summed E-state index contributed by atoms with van der Waals surface area (Å²) in [6, 6.07) is 12.8. The van der Waals surface area contributed by atoms with Gasteiger partial charge in [0, 0.05) is 18.2 Å². The zero-order valence-electron chi connectivity index (χ0n) is 15.9. The first-order valence-electron chi connectivity index (χ1n) is 8.82. The zero-order valence-corrected chi connectivity index (χ0v) is 15.9. The van der Waals surface area contributed by atoms with E-state index in [1.165, 1.54) is 0 Å². The number of hydrogen-bond acceptors (Lipinski definition) is 6. The number of hydrogen-bond donors (Lipinski definition) is 0. The van der Waals surface area contributed by atoms with E-state index in [1.807, 2.05) is 24.3 Å². The van der Waals surface area contributed by atoms with Gasteiger partial charge in [0.25, 0.3) is 0 Å². The first-order valence-corrected chi connectivity index (χ1v) is 8.82. The third-order valence-corrected chi connectivity index (χ3v) is 4.76. The molecule has 3 aromatic rings. The maximum atomic E-state index is 12.6. The molecule has 0 aliphatic carbocycles. The van der Waals surface area contributed by atoms with Gasteiger partial charge in [0.15, 0.2) is 23.0 Å². The number of para-hydroxylation sites is 2. The van der Waals surface area contributed by atoms with E-state index in [2.05, 4.69) is 4.98 Å². The van der Waals surface area contributed by atoms with Gasteiger partial charge in [-0.25, -0.2) is 4.79 Å². The molecule has 144 valence electrons. The topological polar surface area (TPSA) is 71.8 Å². The summed E-state index contributed by atoms with van der Waals surface area (Å²) in [4.78, 5) is 16.7. The van der Waals surface area contributed by atoms with Gasteiger partial charge in [0.1, 0.15) is 0 Å². The Kier molecular flexibility index (Phi) is 4.65. The fourth-order valence-electron chi connectivity index (χ4n) is 3.39. The van der Waals surface area contributed by atoms with Crippen LogP contribution in [0, 0.1) is 0 Å². The van der Waals surface area contributed by atoms with Crippen molar-refractivity contribution in [1.29, 1.82) is 0 Å². The van der Waals surface area contributed by atoms with Gasteiger partial charge in [-0.15, -0.1) is 0 Å². The highest BCUT2D eigenvalue weighted by Crippen LogP contribution is 2.39. The molecule has 28 heavy (non-hydrogen) atoms. The number of benzene rings is 2. The summed E-state index contributed by atoms with van der Waals surface area (Å²) in [6.45, 7) is 0.540. The van der Waals surface area contributed by atoms with Crippen LogP contribution in [0.5, 0.6) is 28.9 Å². The van der Waals surface area contributed by atoms with Gasteiger partial charge >= 0.3 is 5.69 Å². The van der Waals surface area contributed by atoms with Crippen LogP contribution in [0.4, 0.5) is 0 Å². The molecule has 0 atom stereocenters. The third-order valence-electron chi connectivity index (χ3n) is 4.76. The van der Waals surface area contributed by atoms with Crippen LogP contribution in [-0.2, 0) is 13.0 Å². The van der Waals surface area contributed by atoms with Gasteiger partial charge < -0.3 is 18.9 Å². The number of nitrogens with zero attached hydrogens (tertiary/aromatic N) is 2. The van der Waals surface area contributed by atoms with Crippen LogP contribution in [0.2, 0.25) is 0 Å². The Morgan fingerprint density at radius 1 is 0.893 bits per heavy atom. The minimum absolute atomic E-state index is 0.211. The molecule has 0 fully saturated rings. The van der Waals surface area contributed by atoms with E-state index in [9.17, 15) is 4.79 Å². The lowest BCUT2D eigenvalue weighted by Gasteiger charge is -2.23. The maximum Gasteiger partial charge on any atom is 0.351 e. The highest BCUT2D eigenvalue weighted by atomic mass is 16.5. The molecule has 0 amide bonds. The summed E-state index contributed by atoms with van der Waals surface area (Å²) in [5.74, 6) is 2.53. The molecule has 1 aromatic heterocycles. The van der Waals surface area contributed by atoms with Crippen LogP contribution < -0.4 is 24.6 Å². The zero-order chi connectivity index (χ0) is 19.7. The van der Waals surface area contributed by atoms with Crippen molar-refractivity contribution in [2.75, 3.05) is 21.3 Å². The van der Waals surface area contributed by atoms with Crippen molar-refractivity contribution in [3.8, 4) is 40.1 Å². The Hall–Kier alpha value is -3.48. The van der Waals surface area contributed by atoms with Gasteiger partial charge in [0.2, 0.25) is 5.88 Å². The quantitative estimate of drug-likeness (QED) is 0.676. The average molecular weight is 380 g/mol. The molecular weight excluding hydrogens is 360 g/mol. The van der Waals surface area contributed by atoms with Gasteiger partial charge in [-0.1, -0.05) is 12.1 Å². The van der Waals surface area contributed by atoms with Crippen molar-refractivity contribution < 1.29 is 18.9 Å². The molecule has 1 aliphatic heterocycles.